The Bertz CT molecular complexity index is 518. The first-order chi connectivity index (χ1) is 10.8. The van der Waals surface area contributed by atoms with Crippen LogP contribution in [0.15, 0.2) is 49.1 Å². The highest BCUT2D eigenvalue weighted by Gasteiger charge is 2.13. The quantitative estimate of drug-likeness (QED) is 0.740. The molecule has 0 aromatic heterocycles. The lowest BCUT2D eigenvalue weighted by atomic mass is 9.99. The fourth-order valence-corrected chi connectivity index (χ4v) is 2.89. The normalized spacial score (nSPS) is 22.5. The number of allylic oxidation sites excluding steroid dienone is 1. The summed E-state index contributed by atoms with van der Waals surface area (Å²) in [7, 11) is 0. The number of hydrogen-bond donors (Lipinski definition) is 1. The van der Waals surface area contributed by atoms with E-state index < -0.39 is 0 Å². The molecule has 1 aromatic rings. The Hall–Kier alpha value is -1.83. The summed E-state index contributed by atoms with van der Waals surface area (Å²) in [5, 5.41) is 3.08. The molecule has 22 heavy (non-hydrogen) atoms. The second-order valence-electron chi connectivity index (χ2n) is 5.99. The van der Waals surface area contributed by atoms with Gasteiger partial charge in [-0.3, -0.25) is 4.79 Å². The predicted octanol–water partition coefficient (Wildman–Crippen LogP) is 4.81. The van der Waals surface area contributed by atoms with Gasteiger partial charge < -0.3 is 5.32 Å². The van der Waals surface area contributed by atoms with Gasteiger partial charge in [-0.2, -0.15) is 0 Å². The molecule has 1 aliphatic rings. The zero-order valence-corrected chi connectivity index (χ0v) is 13.4. The van der Waals surface area contributed by atoms with Crippen LogP contribution in [0.5, 0.6) is 0 Å². The lowest BCUT2D eigenvalue weighted by Gasteiger charge is -2.15. The summed E-state index contributed by atoms with van der Waals surface area (Å²) >= 11 is 0. The van der Waals surface area contributed by atoms with E-state index in [-0.39, 0.29) is 11.9 Å². The lowest BCUT2D eigenvalue weighted by Crippen LogP contribution is -2.33. The Morgan fingerprint density at radius 2 is 1.82 bits per heavy atom. The molecule has 1 unspecified atom stereocenters. The topological polar surface area (TPSA) is 29.1 Å². The number of carbonyl (C=O) groups is 1. The van der Waals surface area contributed by atoms with Crippen LogP contribution in [0.1, 0.15) is 60.9 Å². The van der Waals surface area contributed by atoms with Crippen LogP contribution in [0.2, 0.25) is 0 Å². The molecule has 1 N–H and O–H groups in total. The van der Waals surface area contributed by atoms with Crippen LogP contribution in [0.25, 0.3) is 0 Å². The second-order valence-corrected chi connectivity index (χ2v) is 5.99. The maximum atomic E-state index is 12.5. The summed E-state index contributed by atoms with van der Waals surface area (Å²) in [6.07, 6.45) is 15.4. The predicted molar refractivity (Wildman–Crippen MR) is 93.1 cm³/mol. The molecule has 0 saturated heterocycles. The third-order valence-electron chi connectivity index (χ3n) is 4.24. The van der Waals surface area contributed by atoms with E-state index in [4.69, 9.17) is 0 Å². The number of benzene rings is 1. The van der Waals surface area contributed by atoms with Crippen molar-refractivity contribution in [2.24, 2.45) is 0 Å². The van der Waals surface area contributed by atoms with Crippen molar-refractivity contribution < 1.29 is 4.79 Å². The summed E-state index contributed by atoms with van der Waals surface area (Å²) in [5.74, 6) is 0.0174. The van der Waals surface area contributed by atoms with Gasteiger partial charge in [-0.25, -0.2) is 0 Å². The van der Waals surface area contributed by atoms with Gasteiger partial charge in [0, 0.05) is 5.56 Å². The zero-order valence-electron chi connectivity index (χ0n) is 13.4. The van der Waals surface area contributed by atoms with E-state index in [2.05, 4.69) is 30.1 Å². The van der Waals surface area contributed by atoms with Gasteiger partial charge in [0.2, 0.25) is 0 Å². The van der Waals surface area contributed by atoms with Gasteiger partial charge in [-0.15, -0.1) is 6.58 Å². The van der Waals surface area contributed by atoms with Crippen molar-refractivity contribution in [3.63, 3.8) is 0 Å². The lowest BCUT2D eigenvalue weighted by molar-refractivity contribution is 0.0943. The van der Waals surface area contributed by atoms with E-state index >= 15 is 0 Å². The van der Waals surface area contributed by atoms with Crippen molar-refractivity contribution in [3.8, 4) is 0 Å². The number of nitrogens with one attached hydrogen (secondary N) is 1. The minimum atomic E-state index is 0.00179. The van der Waals surface area contributed by atoms with Crippen LogP contribution in [0.4, 0.5) is 0 Å². The van der Waals surface area contributed by atoms with Gasteiger partial charge in [0.1, 0.15) is 0 Å². The average molecular weight is 297 g/mol. The molecule has 1 atom stereocenters. The van der Waals surface area contributed by atoms with Crippen LogP contribution < -0.4 is 5.32 Å². The van der Waals surface area contributed by atoms with Gasteiger partial charge in [0.05, 0.1) is 6.04 Å². The molecule has 2 rings (SSSR count). The molecule has 0 saturated carbocycles. The summed E-state index contributed by atoms with van der Waals surface area (Å²) in [6.45, 7) is 3.84. The summed E-state index contributed by atoms with van der Waals surface area (Å²) in [5.41, 5.74) is 1.97. The first kappa shape index (κ1) is 16.5. The number of fused-ring (bicyclic) bond motifs is 1. The molecular weight excluding hydrogens is 270 g/mol. The minimum Gasteiger partial charge on any atom is -0.346 e. The fraction of sp³-hybridized carbons (Fsp3) is 0.450. The maximum absolute atomic E-state index is 12.5. The third kappa shape index (κ3) is 5.18. The molecule has 1 aromatic carbocycles. The van der Waals surface area contributed by atoms with Crippen molar-refractivity contribution in [2.75, 3.05) is 0 Å². The highest BCUT2D eigenvalue weighted by molar-refractivity contribution is 5.96. The molecule has 2 heteroatoms. The molecule has 0 spiro atoms. The fourth-order valence-electron chi connectivity index (χ4n) is 2.89. The van der Waals surface area contributed by atoms with Crippen molar-refractivity contribution in [2.45, 2.75) is 57.4 Å². The third-order valence-corrected chi connectivity index (χ3v) is 4.24. The highest BCUT2D eigenvalue weighted by atomic mass is 16.1. The number of rotatable bonds is 1. The van der Waals surface area contributed by atoms with Crippen molar-refractivity contribution in [1.82, 2.24) is 5.32 Å². The van der Waals surface area contributed by atoms with Crippen LogP contribution in [0, 0.1) is 0 Å². The summed E-state index contributed by atoms with van der Waals surface area (Å²) < 4.78 is 0. The maximum Gasteiger partial charge on any atom is 0.252 e. The van der Waals surface area contributed by atoms with Crippen molar-refractivity contribution in [1.29, 1.82) is 0 Å². The standard InChI is InChI=1S/C20H27NO/c1-2-18-15-10-8-6-4-3-5-7-9-13-17-14-11-12-16-19(17)20(22)21-18/h2,8,10-12,14,16,18H,1,3-7,9,13,15H2,(H,21,22)/b10-8+. The molecule has 1 amide bonds. The van der Waals surface area contributed by atoms with Crippen LogP contribution in [-0.4, -0.2) is 11.9 Å². The van der Waals surface area contributed by atoms with Crippen LogP contribution in [-0.2, 0) is 6.42 Å². The first-order valence-corrected chi connectivity index (χ1v) is 8.47. The largest absolute Gasteiger partial charge is 0.346 e. The van der Waals surface area contributed by atoms with Gasteiger partial charge in [-0.05, 0) is 43.7 Å². The highest BCUT2D eigenvalue weighted by Crippen LogP contribution is 2.15. The first-order valence-electron chi connectivity index (χ1n) is 8.47. The minimum absolute atomic E-state index is 0.00179. The van der Waals surface area contributed by atoms with Gasteiger partial charge >= 0.3 is 0 Å². The smallest absolute Gasteiger partial charge is 0.252 e. The van der Waals surface area contributed by atoms with Crippen LogP contribution >= 0.6 is 0 Å². The summed E-state index contributed by atoms with van der Waals surface area (Å²) in [6, 6.07) is 7.97. The van der Waals surface area contributed by atoms with Crippen molar-refractivity contribution >= 4 is 5.91 Å². The van der Waals surface area contributed by atoms with Crippen molar-refractivity contribution in [3.05, 3.63) is 60.2 Å². The second kappa shape index (κ2) is 9.24. The van der Waals surface area contributed by atoms with Gasteiger partial charge in [0.25, 0.3) is 5.91 Å². The molecule has 0 fully saturated rings. The average Bonchev–Trinajstić information content (AvgIpc) is 2.55. The Balaban J connectivity index is 2.13. The van der Waals surface area contributed by atoms with Gasteiger partial charge in [-0.1, -0.05) is 55.7 Å². The molecular formula is C20H27NO. The van der Waals surface area contributed by atoms with E-state index in [9.17, 15) is 4.79 Å². The monoisotopic (exact) mass is 297 g/mol. The molecule has 1 aliphatic heterocycles. The Morgan fingerprint density at radius 1 is 1.05 bits per heavy atom. The van der Waals surface area contributed by atoms with Gasteiger partial charge in [0.15, 0.2) is 0 Å². The number of amides is 1. The molecule has 0 aliphatic carbocycles. The van der Waals surface area contributed by atoms with E-state index in [1.165, 1.54) is 25.7 Å². The number of hydrogen-bond acceptors (Lipinski definition) is 1. The zero-order chi connectivity index (χ0) is 15.6. The number of carbonyl (C=O) groups excluding carboxylic acids is 1. The van der Waals surface area contributed by atoms with E-state index in [0.29, 0.717) is 0 Å². The Kier molecular flexibility index (Phi) is 6.95. The molecule has 0 radical (unpaired) electrons. The van der Waals surface area contributed by atoms with E-state index in [1.807, 2.05) is 24.3 Å². The molecule has 1 heterocycles. The SMILES string of the molecule is C=CC1C/C=C/CCCCCCCc2ccccc2C(=O)N1. The van der Waals surface area contributed by atoms with E-state index in [1.54, 1.807) is 0 Å². The van der Waals surface area contributed by atoms with Crippen LogP contribution in [0.3, 0.4) is 0 Å². The molecule has 2 nitrogen and oxygen atoms in total. The Morgan fingerprint density at radius 3 is 2.68 bits per heavy atom. The Labute approximate surface area is 134 Å². The molecule has 118 valence electrons. The van der Waals surface area contributed by atoms with E-state index in [0.717, 1.165) is 36.8 Å². The molecule has 0 bridgehead atoms. The summed E-state index contributed by atoms with van der Waals surface area (Å²) in [4.78, 5) is 12.5. The number of aryl methyl sites for hydroxylation is 1.